The lowest BCUT2D eigenvalue weighted by Crippen LogP contribution is -2.43. The number of primary amides is 1. The van der Waals surface area contributed by atoms with E-state index in [-0.39, 0.29) is 16.1 Å². The molecule has 1 aliphatic rings. The molecule has 0 radical (unpaired) electrons. The number of hydrogen-bond donors (Lipinski definition) is 1. The number of carbonyl (C=O) groups excluding carboxylic acids is 2. The van der Waals surface area contributed by atoms with Crippen LogP contribution in [0.15, 0.2) is 12.3 Å². The fourth-order valence-corrected chi connectivity index (χ4v) is 2.28. The van der Waals surface area contributed by atoms with Crippen LogP contribution in [0.4, 0.5) is 0 Å². The molecule has 5 nitrogen and oxygen atoms in total. The topological polar surface area (TPSA) is 76.3 Å². The van der Waals surface area contributed by atoms with Crippen molar-refractivity contribution >= 4 is 35.0 Å². The highest BCUT2D eigenvalue weighted by Crippen LogP contribution is 2.23. The molecule has 2 amide bonds. The van der Waals surface area contributed by atoms with E-state index in [0.717, 1.165) is 6.42 Å². The minimum Gasteiger partial charge on any atom is -0.368 e. The van der Waals surface area contributed by atoms with Gasteiger partial charge in [0.15, 0.2) is 0 Å². The molecule has 18 heavy (non-hydrogen) atoms. The Hall–Kier alpha value is -1.33. The maximum Gasteiger partial charge on any atom is 0.256 e. The van der Waals surface area contributed by atoms with E-state index in [4.69, 9.17) is 28.9 Å². The zero-order valence-corrected chi connectivity index (χ0v) is 10.9. The van der Waals surface area contributed by atoms with E-state index in [1.807, 2.05) is 0 Å². The Labute approximate surface area is 114 Å². The van der Waals surface area contributed by atoms with Gasteiger partial charge >= 0.3 is 0 Å². The summed E-state index contributed by atoms with van der Waals surface area (Å²) in [6.45, 7) is 0.507. The third-order valence-corrected chi connectivity index (χ3v) is 3.57. The highest BCUT2D eigenvalue weighted by Gasteiger charge is 2.33. The molecule has 0 aromatic carbocycles. The number of carbonyl (C=O) groups is 2. The molecule has 1 saturated heterocycles. The zero-order valence-electron chi connectivity index (χ0n) is 9.40. The van der Waals surface area contributed by atoms with Crippen molar-refractivity contribution in [2.24, 2.45) is 5.73 Å². The van der Waals surface area contributed by atoms with Gasteiger partial charge in [0, 0.05) is 12.7 Å². The third-order valence-electron chi connectivity index (χ3n) is 2.89. The first-order chi connectivity index (χ1) is 8.50. The van der Waals surface area contributed by atoms with Crippen molar-refractivity contribution in [2.45, 2.75) is 18.9 Å². The van der Waals surface area contributed by atoms with Crippen LogP contribution in [0, 0.1) is 0 Å². The van der Waals surface area contributed by atoms with Gasteiger partial charge in [-0.1, -0.05) is 23.2 Å². The number of aromatic nitrogens is 1. The molecular formula is C11H11Cl2N3O2. The first-order valence-corrected chi connectivity index (χ1v) is 6.17. The van der Waals surface area contributed by atoms with E-state index in [9.17, 15) is 9.59 Å². The van der Waals surface area contributed by atoms with Crippen LogP contribution in [0.25, 0.3) is 0 Å². The Balaban J connectivity index is 2.25. The summed E-state index contributed by atoms with van der Waals surface area (Å²) >= 11 is 11.5. The van der Waals surface area contributed by atoms with E-state index in [1.54, 1.807) is 0 Å². The predicted octanol–water partition coefficient (Wildman–Crippen LogP) is 1.48. The molecular weight excluding hydrogens is 277 g/mol. The second kappa shape index (κ2) is 5.12. The predicted molar refractivity (Wildman–Crippen MR) is 67.5 cm³/mol. The number of pyridine rings is 1. The van der Waals surface area contributed by atoms with Crippen molar-refractivity contribution in [1.29, 1.82) is 0 Å². The minimum atomic E-state index is -0.549. The summed E-state index contributed by atoms with van der Waals surface area (Å²) in [6.07, 6.45) is 2.69. The van der Waals surface area contributed by atoms with Gasteiger partial charge in [-0.15, -0.1) is 0 Å². The van der Waals surface area contributed by atoms with Gasteiger partial charge in [0.1, 0.15) is 11.2 Å². The van der Waals surface area contributed by atoms with E-state index in [1.165, 1.54) is 17.2 Å². The zero-order chi connectivity index (χ0) is 13.3. The molecule has 2 rings (SSSR count). The third kappa shape index (κ3) is 2.42. The standard InChI is InChI=1S/C11H11Cl2N3O2/c12-7-4-6(5-15-9(7)13)11(18)16-3-1-2-8(16)10(14)17/h4-5,8H,1-3H2,(H2,14,17)/t8-/m0/s1. The van der Waals surface area contributed by atoms with Crippen molar-refractivity contribution in [2.75, 3.05) is 6.54 Å². The Kier molecular flexibility index (Phi) is 3.73. The summed E-state index contributed by atoms with van der Waals surface area (Å²) in [6, 6.07) is 0.891. The molecule has 0 aliphatic carbocycles. The molecule has 0 saturated carbocycles. The van der Waals surface area contributed by atoms with E-state index < -0.39 is 11.9 Å². The van der Waals surface area contributed by atoms with Crippen LogP contribution in [-0.2, 0) is 4.79 Å². The summed E-state index contributed by atoms with van der Waals surface area (Å²) < 4.78 is 0. The Morgan fingerprint density at radius 2 is 2.17 bits per heavy atom. The number of nitrogens with zero attached hydrogens (tertiary/aromatic N) is 2. The van der Waals surface area contributed by atoms with E-state index in [0.29, 0.717) is 18.5 Å². The summed E-state index contributed by atoms with van der Waals surface area (Å²) in [5, 5.41) is 0.346. The Bertz CT molecular complexity index is 507. The van der Waals surface area contributed by atoms with Crippen LogP contribution >= 0.6 is 23.2 Å². The van der Waals surface area contributed by atoms with Gasteiger partial charge in [-0.3, -0.25) is 9.59 Å². The van der Waals surface area contributed by atoms with Crippen LogP contribution in [-0.4, -0.2) is 34.3 Å². The molecule has 0 unspecified atom stereocenters. The number of hydrogen-bond acceptors (Lipinski definition) is 3. The first kappa shape index (κ1) is 13.1. The van der Waals surface area contributed by atoms with Crippen LogP contribution in [0.1, 0.15) is 23.2 Å². The normalized spacial score (nSPS) is 19.0. The minimum absolute atomic E-state index is 0.140. The van der Waals surface area contributed by atoms with Crippen LogP contribution < -0.4 is 5.73 Å². The van der Waals surface area contributed by atoms with Crippen molar-refractivity contribution in [3.05, 3.63) is 28.0 Å². The molecule has 1 aliphatic heterocycles. The van der Waals surface area contributed by atoms with Crippen LogP contribution in [0.3, 0.4) is 0 Å². The van der Waals surface area contributed by atoms with Gasteiger partial charge in [-0.25, -0.2) is 4.98 Å². The number of nitrogens with two attached hydrogens (primary N) is 1. The van der Waals surface area contributed by atoms with Gasteiger partial charge in [0.2, 0.25) is 5.91 Å². The summed E-state index contributed by atoms with van der Waals surface area (Å²) in [4.78, 5) is 28.7. The molecule has 1 atom stereocenters. The van der Waals surface area contributed by atoms with Crippen molar-refractivity contribution in [1.82, 2.24) is 9.88 Å². The smallest absolute Gasteiger partial charge is 0.256 e. The molecule has 1 aromatic rings. The molecule has 1 aromatic heterocycles. The molecule has 2 N–H and O–H groups in total. The second-order valence-corrected chi connectivity index (χ2v) is 4.82. The molecule has 0 bridgehead atoms. The monoisotopic (exact) mass is 287 g/mol. The Morgan fingerprint density at radius 3 is 2.78 bits per heavy atom. The lowest BCUT2D eigenvalue weighted by Gasteiger charge is -2.22. The first-order valence-electron chi connectivity index (χ1n) is 5.42. The number of likely N-dealkylation sites (tertiary alicyclic amines) is 1. The lowest BCUT2D eigenvalue weighted by molar-refractivity contribution is -0.121. The maximum atomic E-state index is 12.2. The quantitative estimate of drug-likeness (QED) is 0.837. The molecule has 7 heteroatoms. The van der Waals surface area contributed by atoms with Crippen molar-refractivity contribution in [3.63, 3.8) is 0 Å². The summed E-state index contributed by atoms with van der Waals surface area (Å²) in [5.74, 6) is -0.795. The average molecular weight is 288 g/mol. The highest BCUT2D eigenvalue weighted by molar-refractivity contribution is 6.41. The fraction of sp³-hybridized carbons (Fsp3) is 0.364. The molecule has 2 heterocycles. The maximum absolute atomic E-state index is 12.2. The number of rotatable bonds is 2. The van der Waals surface area contributed by atoms with Crippen molar-refractivity contribution < 1.29 is 9.59 Å². The van der Waals surface area contributed by atoms with Gasteiger partial charge in [0.25, 0.3) is 5.91 Å². The van der Waals surface area contributed by atoms with Gasteiger partial charge < -0.3 is 10.6 Å². The average Bonchev–Trinajstić information content (AvgIpc) is 2.81. The largest absolute Gasteiger partial charge is 0.368 e. The SMILES string of the molecule is NC(=O)[C@@H]1CCCN1C(=O)c1cnc(Cl)c(Cl)c1. The Morgan fingerprint density at radius 1 is 1.44 bits per heavy atom. The van der Waals surface area contributed by atoms with Crippen LogP contribution in [0.5, 0.6) is 0 Å². The van der Waals surface area contributed by atoms with E-state index >= 15 is 0 Å². The molecule has 0 spiro atoms. The second-order valence-electron chi connectivity index (χ2n) is 4.06. The highest BCUT2D eigenvalue weighted by atomic mass is 35.5. The van der Waals surface area contributed by atoms with Crippen molar-refractivity contribution in [3.8, 4) is 0 Å². The van der Waals surface area contributed by atoms with Gasteiger partial charge in [0.05, 0.1) is 10.6 Å². The number of halogens is 2. The van der Waals surface area contributed by atoms with Gasteiger partial charge in [-0.2, -0.15) is 0 Å². The summed E-state index contributed by atoms with van der Waals surface area (Å²) in [7, 11) is 0. The van der Waals surface area contributed by atoms with Crippen LogP contribution in [0.2, 0.25) is 10.2 Å². The number of amides is 2. The fourth-order valence-electron chi connectivity index (χ4n) is 2.01. The molecule has 1 fully saturated rings. The van der Waals surface area contributed by atoms with Gasteiger partial charge in [-0.05, 0) is 18.9 Å². The molecule has 96 valence electrons. The summed E-state index contributed by atoms with van der Waals surface area (Å²) in [5.41, 5.74) is 5.57. The lowest BCUT2D eigenvalue weighted by atomic mass is 10.2. The van der Waals surface area contributed by atoms with E-state index in [2.05, 4.69) is 4.98 Å².